The van der Waals surface area contributed by atoms with Crippen LogP contribution in [0.1, 0.15) is 18.2 Å². The van der Waals surface area contributed by atoms with E-state index in [1.165, 1.54) is 0 Å². The van der Waals surface area contributed by atoms with Gasteiger partial charge in [-0.05, 0) is 32.5 Å². The molecule has 0 radical (unpaired) electrons. The Balaban J connectivity index is 1.97. The second kappa shape index (κ2) is 6.87. The van der Waals surface area contributed by atoms with Crippen molar-refractivity contribution in [2.75, 3.05) is 12.4 Å². The number of nitrogens with one attached hydrogen (secondary N) is 1. The molecule has 1 heterocycles. The lowest BCUT2D eigenvalue weighted by molar-refractivity contribution is -0.120. The van der Waals surface area contributed by atoms with Gasteiger partial charge in [-0.1, -0.05) is 39.3 Å². The predicted molar refractivity (Wildman–Crippen MR) is 84.9 cm³/mol. The van der Waals surface area contributed by atoms with Crippen molar-refractivity contribution in [1.82, 2.24) is 10.1 Å². The van der Waals surface area contributed by atoms with Crippen LogP contribution >= 0.6 is 15.9 Å². The molecule has 0 aliphatic rings. The average molecular weight is 352 g/mol. The number of rotatable bonds is 5. The van der Waals surface area contributed by atoms with E-state index in [-0.39, 0.29) is 11.9 Å². The lowest BCUT2D eigenvalue weighted by Crippen LogP contribution is -2.39. The number of hydrogen-bond acceptors (Lipinski definition) is 4. The van der Waals surface area contributed by atoms with Gasteiger partial charge >= 0.3 is 0 Å². The van der Waals surface area contributed by atoms with Crippen LogP contribution in [0, 0.1) is 6.92 Å². The maximum Gasteiger partial charge on any atom is 0.243 e. The minimum atomic E-state index is -0.289. The van der Waals surface area contributed by atoms with Crippen molar-refractivity contribution < 1.29 is 9.32 Å². The summed E-state index contributed by atoms with van der Waals surface area (Å²) >= 11 is 3.52. The molecule has 1 aromatic carbocycles. The largest absolute Gasteiger partial charge is 0.338 e. The molecular weight excluding hydrogens is 334 g/mol. The monoisotopic (exact) mass is 351 g/mol. The first-order valence-electron chi connectivity index (χ1n) is 6.65. The summed E-state index contributed by atoms with van der Waals surface area (Å²) in [6.07, 6.45) is 0. The van der Waals surface area contributed by atoms with Crippen LogP contribution in [0.15, 0.2) is 39.3 Å². The van der Waals surface area contributed by atoms with Crippen molar-refractivity contribution in [1.29, 1.82) is 0 Å². The van der Waals surface area contributed by atoms with Crippen LogP contribution in [0.5, 0.6) is 0 Å². The Morgan fingerprint density at radius 2 is 2.19 bits per heavy atom. The van der Waals surface area contributed by atoms with Gasteiger partial charge in [0.2, 0.25) is 11.8 Å². The Bertz CT molecular complexity index is 627. The highest BCUT2D eigenvalue weighted by Crippen LogP contribution is 2.18. The maximum absolute atomic E-state index is 12.2. The minimum absolute atomic E-state index is 0.124. The van der Waals surface area contributed by atoms with Crippen molar-refractivity contribution in [3.63, 3.8) is 0 Å². The van der Waals surface area contributed by atoms with Crippen molar-refractivity contribution in [2.24, 2.45) is 0 Å². The van der Waals surface area contributed by atoms with Crippen LogP contribution in [-0.2, 0) is 11.3 Å². The van der Waals surface area contributed by atoms with Gasteiger partial charge in [-0.25, -0.2) is 0 Å². The van der Waals surface area contributed by atoms with Gasteiger partial charge in [0.05, 0.1) is 11.7 Å². The fourth-order valence-electron chi connectivity index (χ4n) is 1.88. The molecule has 2 rings (SSSR count). The molecule has 1 amide bonds. The van der Waals surface area contributed by atoms with Crippen molar-refractivity contribution >= 4 is 27.7 Å². The summed E-state index contributed by atoms with van der Waals surface area (Å²) in [5.41, 5.74) is 1.87. The van der Waals surface area contributed by atoms with Crippen molar-refractivity contribution in [3.05, 3.63) is 46.1 Å². The van der Waals surface area contributed by atoms with Gasteiger partial charge in [-0.2, -0.15) is 0 Å². The Kier molecular flexibility index (Phi) is 5.14. The molecule has 0 aliphatic carbocycles. The van der Waals surface area contributed by atoms with Crippen LogP contribution in [0.2, 0.25) is 0 Å². The first-order valence-corrected chi connectivity index (χ1v) is 7.44. The van der Waals surface area contributed by atoms with Gasteiger partial charge in [0.25, 0.3) is 0 Å². The van der Waals surface area contributed by atoms with Crippen LogP contribution in [0.4, 0.5) is 5.88 Å². The van der Waals surface area contributed by atoms with Crippen molar-refractivity contribution in [3.8, 4) is 0 Å². The number of hydrogen-bond donors (Lipinski definition) is 1. The quantitative estimate of drug-likeness (QED) is 0.898. The molecular formula is C15H18BrN3O2. The summed E-state index contributed by atoms with van der Waals surface area (Å²) in [7, 11) is 1.91. The van der Waals surface area contributed by atoms with E-state index in [2.05, 4.69) is 26.4 Å². The normalized spacial score (nSPS) is 12.4. The number of amides is 1. The zero-order chi connectivity index (χ0) is 15.4. The third-order valence-electron chi connectivity index (χ3n) is 3.29. The summed E-state index contributed by atoms with van der Waals surface area (Å²) in [5.74, 6) is 0.249. The van der Waals surface area contributed by atoms with E-state index in [0.717, 1.165) is 15.7 Å². The lowest BCUT2D eigenvalue weighted by atomic mass is 10.2. The highest BCUT2D eigenvalue weighted by Gasteiger charge is 2.20. The molecule has 2 aromatic rings. The molecule has 1 atom stereocenters. The molecule has 0 bridgehead atoms. The summed E-state index contributed by atoms with van der Waals surface area (Å²) in [5, 5.41) is 6.47. The molecule has 112 valence electrons. The zero-order valence-electron chi connectivity index (χ0n) is 12.3. The molecule has 21 heavy (non-hydrogen) atoms. The lowest BCUT2D eigenvalue weighted by Gasteiger charge is -2.23. The number of halogens is 1. The zero-order valence-corrected chi connectivity index (χ0v) is 13.8. The standard InChI is InChI=1S/C15H18BrN3O2/c1-10-8-14(21-18-10)17-15(20)11(2)19(3)9-12-6-4-5-7-13(12)16/h4-8,11H,9H2,1-3H3,(H,17,20). The van der Waals surface area contributed by atoms with Crippen LogP contribution in [0.25, 0.3) is 0 Å². The van der Waals surface area contributed by atoms with E-state index in [0.29, 0.717) is 12.4 Å². The van der Waals surface area contributed by atoms with E-state index in [1.807, 2.05) is 50.1 Å². The molecule has 5 nitrogen and oxygen atoms in total. The van der Waals surface area contributed by atoms with Gasteiger partial charge in [0.1, 0.15) is 0 Å². The van der Waals surface area contributed by atoms with Crippen LogP contribution < -0.4 is 5.32 Å². The Hall–Kier alpha value is -1.66. The highest BCUT2D eigenvalue weighted by molar-refractivity contribution is 9.10. The summed E-state index contributed by atoms with van der Waals surface area (Å²) in [6, 6.07) is 9.38. The number of carbonyl (C=O) groups is 1. The van der Waals surface area contributed by atoms with Crippen LogP contribution in [-0.4, -0.2) is 29.1 Å². The summed E-state index contributed by atoms with van der Waals surface area (Å²) in [4.78, 5) is 14.2. The fourth-order valence-corrected chi connectivity index (χ4v) is 2.29. The number of nitrogens with zero attached hydrogens (tertiary/aromatic N) is 2. The molecule has 0 aliphatic heterocycles. The van der Waals surface area contributed by atoms with Gasteiger partial charge in [0, 0.05) is 17.1 Å². The Morgan fingerprint density at radius 3 is 2.81 bits per heavy atom. The number of aryl methyl sites for hydroxylation is 1. The average Bonchev–Trinajstić information content (AvgIpc) is 2.85. The second-order valence-corrected chi connectivity index (χ2v) is 5.86. The Morgan fingerprint density at radius 1 is 1.48 bits per heavy atom. The Labute approximate surface area is 132 Å². The molecule has 1 aromatic heterocycles. The highest BCUT2D eigenvalue weighted by atomic mass is 79.9. The first-order chi connectivity index (χ1) is 9.97. The number of carbonyl (C=O) groups excluding carboxylic acids is 1. The van der Waals surface area contributed by atoms with Gasteiger partial charge in [-0.15, -0.1) is 0 Å². The van der Waals surface area contributed by atoms with E-state index < -0.39 is 0 Å². The summed E-state index contributed by atoms with van der Waals surface area (Å²) < 4.78 is 6.03. The number of likely N-dealkylation sites (N-methyl/N-ethyl adjacent to an activating group) is 1. The number of aromatic nitrogens is 1. The number of benzene rings is 1. The number of anilines is 1. The molecule has 0 saturated carbocycles. The first kappa shape index (κ1) is 15.7. The molecule has 0 saturated heterocycles. The maximum atomic E-state index is 12.2. The van der Waals surface area contributed by atoms with Crippen molar-refractivity contribution in [2.45, 2.75) is 26.4 Å². The SMILES string of the molecule is Cc1cc(NC(=O)C(C)N(C)Cc2ccccc2Br)on1. The second-order valence-electron chi connectivity index (χ2n) is 5.00. The van der Waals surface area contributed by atoms with E-state index in [1.54, 1.807) is 6.07 Å². The van der Waals surface area contributed by atoms with E-state index >= 15 is 0 Å². The van der Waals surface area contributed by atoms with Crippen LogP contribution in [0.3, 0.4) is 0 Å². The molecule has 6 heteroatoms. The molecule has 0 fully saturated rings. The molecule has 1 unspecified atom stereocenters. The third kappa shape index (κ3) is 4.15. The van der Waals surface area contributed by atoms with E-state index in [9.17, 15) is 4.79 Å². The predicted octanol–water partition coefficient (Wildman–Crippen LogP) is 3.20. The minimum Gasteiger partial charge on any atom is -0.338 e. The molecule has 0 spiro atoms. The fraction of sp³-hybridized carbons (Fsp3) is 0.333. The van der Waals surface area contributed by atoms with Gasteiger partial charge in [0.15, 0.2) is 0 Å². The van der Waals surface area contributed by atoms with Gasteiger partial charge < -0.3 is 4.52 Å². The molecule has 1 N–H and O–H groups in total. The third-order valence-corrected chi connectivity index (χ3v) is 4.07. The smallest absolute Gasteiger partial charge is 0.243 e. The topological polar surface area (TPSA) is 58.4 Å². The van der Waals surface area contributed by atoms with Gasteiger partial charge in [-0.3, -0.25) is 15.0 Å². The summed E-state index contributed by atoms with van der Waals surface area (Å²) in [6.45, 7) is 4.34. The van der Waals surface area contributed by atoms with E-state index in [4.69, 9.17) is 4.52 Å².